The van der Waals surface area contributed by atoms with Crippen LogP contribution in [0, 0.1) is 6.92 Å². The molecule has 162 valence electrons. The second kappa shape index (κ2) is 8.64. The number of para-hydroxylation sites is 2. The summed E-state index contributed by atoms with van der Waals surface area (Å²) in [6.07, 6.45) is 0.591. The molecule has 8 nitrogen and oxygen atoms in total. The number of sulfonamides is 1. The number of carbonyl (C=O) groups is 1. The van der Waals surface area contributed by atoms with E-state index in [9.17, 15) is 13.2 Å². The third-order valence-corrected chi connectivity index (χ3v) is 6.14. The Hall–Kier alpha value is -3.98. The normalized spacial score (nSPS) is 11.2. The molecule has 0 spiro atoms. The van der Waals surface area contributed by atoms with Crippen LogP contribution in [-0.4, -0.2) is 31.8 Å². The number of hydrogen-bond donors (Lipinski definition) is 2. The summed E-state index contributed by atoms with van der Waals surface area (Å²) in [5.74, 6) is 0.900. The summed E-state index contributed by atoms with van der Waals surface area (Å²) in [4.78, 5) is 20.1. The topological polar surface area (TPSA) is 110 Å². The van der Waals surface area contributed by atoms with E-state index in [0.717, 1.165) is 5.56 Å². The first kappa shape index (κ1) is 21.3. The van der Waals surface area contributed by atoms with Gasteiger partial charge < -0.3 is 10.1 Å². The zero-order valence-corrected chi connectivity index (χ0v) is 18.2. The molecule has 32 heavy (non-hydrogen) atoms. The molecule has 0 fully saturated rings. The Bertz CT molecular complexity index is 1420. The van der Waals surface area contributed by atoms with Crippen molar-refractivity contribution in [1.82, 2.24) is 9.97 Å². The highest BCUT2D eigenvalue weighted by Gasteiger charge is 2.20. The molecule has 0 radical (unpaired) electrons. The molecule has 0 saturated carbocycles. The lowest BCUT2D eigenvalue weighted by molar-refractivity contribution is 0.112. The number of aromatic nitrogens is 2. The third-order valence-electron chi connectivity index (χ3n) is 4.80. The van der Waals surface area contributed by atoms with Crippen molar-refractivity contribution in [3.63, 3.8) is 0 Å². The van der Waals surface area contributed by atoms with Crippen molar-refractivity contribution >= 4 is 44.7 Å². The average Bonchev–Trinajstić information content (AvgIpc) is 2.80. The lowest BCUT2D eigenvalue weighted by atomic mass is 10.2. The molecule has 0 aliphatic carbocycles. The maximum absolute atomic E-state index is 13.0. The predicted molar refractivity (Wildman–Crippen MR) is 123 cm³/mol. The average molecular weight is 449 g/mol. The minimum absolute atomic E-state index is 0.0300. The van der Waals surface area contributed by atoms with Gasteiger partial charge in [-0.15, -0.1) is 0 Å². The number of ether oxygens (including phenoxy) is 1. The molecule has 0 amide bonds. The summed E-state index contributed by atoms with van der Waals surface area (Å²) in [6.45, 7) is 1.91. The number of nitrogens with zero attached hydrogens (tertiary/aromatic N) is 2. The van der Waals surface area contributed by atoms with E-state index in [-0.39, 0.29) is 22.1 Å². The summed E-state index contributed by atoms with van der Waals surface area (Å²) in [5.41, 5.74) is 2.98. The third kappa shape index (κ3) is 4.37. The van der Waals surface area contributed by atoms with E-state index in [2.05, 4.69) is 20.0 Å². The Balaban J connectivity index is 1.80. The van der Waals surface area contributed by atoms with Gasteiger partial charge in [0, 0.05) is 17.3 Å². The maximum Gasteiger partial charge on any atom is 0.263 e. The van der Waals surface area contributed by atoms with Gasteiger partial charge in [-0.25, -0.2) is 18.4 Å². The van der Waals surface area contributed by atoms with Gasteiger partial charge >= 0.3 is 0 Å². The van der Waals surface area contributed by atoms with Crippen molar-refractivity contribution in [3.8, 4) is 5.75 Å². The highest BCUT2D eigenvalue weighted by Crippen LogP contribution is 2.30. The van der Waals surface area contributed by atoms with Crippen molar-refractivity contribution in [2.45, 2.75) is 11.8 Å². The summed E-state index contributed by atoms with van der Waals surface area (Å²) >= 11 is 0. The van der Waals surface area contributed by atoms with E-state index in [1.165, 1.54) is 24.3 Å². The van der Waals surface area contributed by atoms with Gasteiger partial charge in [0.15, 0.2) is 11.6 Å². The standard InChI is InChI=1S/C23H20N4O4S/c1-15-10-11-17(31-2)13-21(15)26-22-23(25-20-9-4-3-8-19(20)24-22)27-32(29,30)18-7-5-6-16(12-18)14-28/h3-14H,1-2H3,(H,24,26)(H,25,27). The highest BCUT2D eigenvalue weighted by molar-refractivity contribution is 7.92. The van der Waals surface area contributed by atoms with Gasteiger partial charge in [-0.3, -0.25) is 9.52 Å². The van der Waals surface area contributed by atoms with E-state index in [4.69, 9.17) is 4.74 Å². The van der Waals surface area contributed by atoms with E-state index < -0.39 is 10.0 Å². The van der Waals surface area contributed by atoms with Gasteiger partial charge in [0.25, 0.3) is 10.0 Å². The van der Waals surface area contributed by atoms with Crippen LogP contribution in [0.4, 0.5) is 17.3 Å². The molecule has 0 aliphatic rings. The molecule has 1 heterocycles. The molecule has 2 N–H and O–H groups in total. The van der Waals surface area contributed by atoms with Crippen molar-refractivity contribution < 1.29 is 17.9 Å². The maximum atomic E-state index is 13.0. The van der Waals surface area contributed by atoms with Gasteiger partial charge in [-0.1, -0.05) is 30.3 Å². The number of fused-ring (bicyclic) bond motifs is 1. The Morgan fingerprint density at radius 1 is 0.906 bits per heavy atom. The summed E-state index contributed by atoms with van der Waals surface area (Å²) in [7, 11) is -2.46. The minimum atomic E-state index is -4.03. The number of hydrogen-bond acceptors (Lipinski definition) is 7. The fourth-order valence-electron chi connectivity index (χ4n) is 3.09. The van der Waals surface area contributed by atoms with Gasteiger partial charge in [0.2, 0.25) is 0 Å². The SMILES string of the molecule is COc1ccc(C)c(Nc2nc3ccccc3nc2NS(=O)(=O)c2cccc(C=O)c2)c1. The van der Waals surface area contributed by atoms with Crippen LogP contribution in [0.3, 0.4) is 0 Å². The van der Waals surface area contributed by atoms with Crippen molar-refractivity contribution in [2.24, 2.45) is 0 Å². The number of nitrogens with one attached hydrogen (secondary N) is 2. The Morgan fingerprint density at radius 2 is 1.62 bits per heavy atom. The highest BCUT2D eigenvalue weighted by atomic mass is 32.2. The van der Waals surface area contributed by atoms with Crippen LogP contribution in [-0.2, 0) is 10.0 Å². The Morgan fingerprint density at radius 3 is 2.31 bits per heavy atom. The second-order valence-electron chi connectivity index (χ2n) is 7.01. The lowest BCUT2D eigenvalue weighted by Crippen LogP contribution is -2.16. The molecule has 0 bridgehead atoms. The molecule has 0 unspecified atom stereocenters. The number of aldehydes is 1. The van der Waals surface area contributed by atoms with E-state index >= 15 is 0 Å². The minimum Gasteiger partial charge on any atom is -0.497 e. The summed E-state index contributed by atoms with van der Waals surface area (Å²) in [6, 6.07) is 18.4. The molecule has 0 atom stereocenters. The fraction of sp³-hybridized carbons (Fsp3) is 0.0870. The van der Waals surface area contributed by atoms with E-state index in [1.54, 1.807) is 31.4 Å². The number of anilines is 3. The smallest absolute Gasteiger partial charge is 0.263 e. The first-order valence-electron chi connectivity index (χ1n) is 9.66. The van der Waals surface area contributed by atoms with Crippen molar-refractivity contribution in [3.05, 3.63) is 77.9 Å². The molecular weight excluding hydrogens is 428 g/mol. The second-order valence-corrected chi connectivity index (χ2v) is 8.69. The van der Waals surface area contributed by atoms with Crippen LogP contribution in [0.15, 0.2) is 71.6 Å². The van der Waals surface area contributed by atoms with E-state index in [0.29, 0.717) is 28.8 Å². The largest absolute Gasteiger partial charge is 0.497 e. The van der Waals surface area contributed by atoms with Crippen molar-refractivity contribution in [2.75, 3.05) is 17.1 Å². The van der Waals surface area contributed by atoms with Crippen molar-refractivity contribution in [1.29, 1.82) is 0 Å². The van der Waals surface area contributed by atoms with E-state index in [1.807, 2.05) is 25.1 Å². The molecule has 9 heteroatoms. The molecular formula is C23H20N4O4S. The zero-order chi connectivity index (χ0) is 22.7. The number of carbonyl (C=O) groups excluding carboxylic acids is 1. The fourth-order valence-corrected chi connectivity index (χ4v) is 4.15. The number of rotatable bonds is 7. The molecule has 3 aromatic carbocycles. The monoisotopic (exact) mass is 448 g/mol. The van der Waals surface area contributed by atoms with Crippen LogP contribution in [0.25, 0.3) is 11.0 Å². The zero-order valence-electron chi connectivity index (χ0n) is 17.4. The van der Waals surface area contributed by atoms with Crippen LogP contribution in [0.5, 0.6) is 5.75 Å². The molecule has 4 rings (SSSR count). The van der Waals surface area contributed by atoms with Gasteiger partial charge in [-0.2, -0.15) is 0 Å². The Labute approximate surface area is 185 Å². The first-order valence-corrected chi connectivity index (χ1v) is 11.1. The van der Waals surface area contributed by atoms with Crippen LogP contribution in [0.1, 0.15) is 15.9 Å². The van der Waals surface area contributed by atoms with Gasteiger partial charge in [0.05, 0.1) is 23.0 Å². The Kier molecular flexibility index (Phi) is 5.74. The molecule has 0 saturated heterocycles. The van der Waals surface area contributed by atoms with Gasteiger partial charge in [0.1, 0.15) is 12.0 Å². The van der Waals surface area contributed by atoms with Crippen LogP contribution >= 0.6 is 0 Å². The number of aryl methyl sites for hydroxylation is 1. The lowest BCUT2D eigenvalue weighted by Gasteiger charge is -2.15. The summed E-state index contributed by atoms with van der Waals surface area (Å²) < 4.78 is 33.9. The molecule has 1 aromatic heterocycles. The predicted octanol–water partition coefficient (Wildman–Crippen LogP) is 4.30. The van der Waals surface area contributed by atoms with Crippen LogP contribution < -0.4 is 14.8 Å². The van der Waals surface area contributed by atoms with Gasteiger partial charge in [-0.05, 0) is 42.8 Å². The molecule has 4 aromatic rings. The number of benzene rings is 3. The first-order chi connectivity index (χ1) is 15.4. The quantitative estimate of drug-likeness (QED) is 0.406. The molecule has 0 aliphatic heterocycles. The number of methoxy groups -OCH3 is 1. The summed E-state index contributed by atoms with van der Waals surface area (Å²) in [5, 5.41) is 3.17. The van der Waals surface area contributed by atoms with Crippen LogP contribution in [0.2, 0.25) is 0 Å².